The van der Waals surface area contributed by atoms with Crippen LogP contribution in [0.5, 0.6) is 0 Å². The molecule has 5 nitrogen and oxygen atoms in total. The van der Waals surface area contributed by atoms with Crippen molar-refractivity contribution in [1.29, 1.82) is 0 Å². The number of aromatic nitrogens is 3. The maximum absolute atomic E-state index is 11.9. The van der Waals surface area contributed by atoms with Gasteiger partial charge in [-0.25, -0.2) is 4.98 Å². The minimum Gasteiger partial charge on any atom is -0.290 e. The molecule has 0 aliphatic carbocycles. The first-order valence-corrected chi connectivity index (χ1v) is 6.86. The predicted octanol–water partition coefficient (Wildman–Crippen LogP) is 1.90. The van der Waals surface area contributed by atoms with Crippen molar-refractivity contribution in [2.75, 3.05) is 11.9 Å². The van der Waals surface area contributed by atoms with Crippen molar-refractivity contribution >= 4 is 33.7 Å². The molecular weight excluding hydrogens is 256 g/mol. The van der Waals surface area contributed by atoms with Crippen molar-refractivity contribution in [3.63, 3.8) is 0 Å². The lowest BCUT2D eigenvalue weighted by Crippen LogP contribution is -2.26. The lowest BCUT2D eigenvalue weighted by molar-refractivity contribution is -0.118. The van der Waals surface area contributed by atoms with Gasteiger partial charge in [0.25, 0.3) is 0 Å². The van der Waals surface area contributed by atoms with Crippen molar-refractivity contribution in [2.45, 2.75) is 19.8 Å². The van der Waals surface area contributed by atoms with E-state index in [0.29, 0.717) is 18.0 Å². The smallest absolute Gasteiger partial charge is 0.228 e. The standard InChI is InChI=1S/C10H12N4OS2/c1-7-12-13-10(17-7)14(2)9(15)4-3-8-5-16-6-11-8/h5-6H,3-4H2,1-2H3. The molecule has 2 heterocycles. The van der Waals surface area contributed by atoms with E-state index in [1.54, 1.807) is 28.8 Å². The van der Waals surface area contributed by atoms with Crippen LogP contribution in [0.25, 0.3) is 0 Å². The van der Waals surface area contributed by atoms with Crippen LogP contribution in [0.2, 0.25) is 0 Å². The van der Waals surface area contributed by atoms with Gasteiger partial charge in [-0.15, -0.1) is 21.5 Å². The average molecular weight is 268 g/mol. The largest absolute Gasteiger partial charge is 0.290 e. The van der Waals surface area contributed by atoms with Gasteiger partial charge in [0.2, 0.25) is 11.0 Å². The van der Waals surface area contributed by atoms with E-state index >= 15 is 0 Å². The summed E-state index contributed by atoms with van der Waals surface area (Å²) >= 11 is 2.96. The quantitative estimate of drug-likeness (QED) is 0.849. The van der Waals surface area contributed by atoms with E-state index in [2.05, 4.69) is 15.2 Å². The Kier molecular flexibility index (Phi) is 3.80. The number of aryl methyl sites for hydroxylation is 2. The van der Waals surface area contributed by atoms with E-state index in [0.717, 1.165) is 10.7 Å². The molecule has 2 aromatic rings. The zero-order valence-corrected chi connectivity index (χ0v) is 11.2. The second kappa shape index (κ2) is 5.33. The highest BCUT2D eigenvalue weighted by Gasteiger charge is 2.14. The summed E-state index contributed by atoms with van der Waals surface area (Å²) < 4.78 is 0. The Bertz CT molecular complexity index is 494. The molecule has 17 heavy (non-hydrogen) atoms. The Labute approximate surface area is 107 Å². The summed E-state index contributed by atoms with van der Waals surface area (Å²) in [5.41, 5.74) is 2.74. The van der Waals surface area contributed by atoms with Gasteiger partial charge in [-0.2, -0.15) is 0 Å². The van der Waals surface area contributed by atoms with Crippen molar-refractivity contribution in [3.05, 3.63) is 21.6 Å². The fourth-order valence-electron chi connectivity index (χ4n) is 1.29. The van der Waals surface area contributed by atoms with E-state index in [-0.39, 0.29) is 5.91 Å². The van der Waals surface area contributed by atoms with Crippen molar-refractivity contribution in [2.24, 2.45) is 0 Å². The average Bonchev–Trinajstić information content (AvgIpc) is 2.95. The lowest BCUT2D eigenvalue weighted by atomic mass is 10.2. The Morgan fingerprint density at radius 3 is 2.88 bits per heavy atom. The van der Waals surface area contributed by atoms with Crippen LogP contribution >= 0.6 is 22.7 Å². The van der Waals surface area contributed by atoms with Crippen molar-refractivity contribution < 1.29 is 4.79 Å². The van der Waals surface area contributed by atoms with Crippen LogP contribution in [-0.4, -0.2) is 28.1 Å². The van der Waals surface area contributed by atoms with E-state index in [4.69, 9.17) is 0 Å². The minimum atomic E-state index is 0.0363. The Hall–Kier alpha value is -1.34. The van der Waals surface area contributed by atoms with Crippen LogP contribution in [-0.2, 0) is 11.2 Å². The van der Waals surface area contributed by atoms with Crippen LogP contribution in [0.15, 0.2) is 10.9 Å². The summed E-state index contributed by atoms with van der Waals surface area (Å²) in [5.74, 6) is 0.0363. The van der Waals surface area contributed by atoms with E-state index in [1.807, 2.05) is 12.3 Å². The normalized spacial score (nSPS) is 10.5. The summed E-state index contributed by atoms with van der Waals surface area (Å²) in [6, 6.07) is 0. The molecule has 0 atom stereocenters. The second-order valence-corrected chi connectivity index (χ2v) is 5.41. The molecule has 2 rings (SSSR count). The molecule has 0 aliphatic rings. The molecule has 0 radical (unpaired) electrons. The summed E-state index contributed by atoms with van der Waals surface area (Å²) in [6.45, 7) is 1.87. The molecule has 90 valence electrons. The van der Waals surface area contributed by atoms with Gasteiger partial charge in [0.15, 0.2) is 0 Å². The molecule has 0 saturated heterocycles. The lowest BCUT2D eigenvalue weighted by Gasteiger charge is -2.12. The van der Waals surface area contributed by atoms with Crippen LogP contribution < -0.4 is 4.90 Å². The highest BCUT2D eigenvalue weighted by molar-refractivity contribution is 7.15. The van der Waals surface area contributed by atoms with Crippen molar-refractivity contribution in [3.8, 4) is 0 Å². The fourth-order valence-corrected chi connectivity index (χ4v) is 2.55. The monoisotopic (exact) mass is 268 g/mol. The molecule has 2 aromatic heterocycles. The van der Waals surface area contributed by atoms with Gasteiger partial charge >= 0.3 is 0 Å². The number of rotatable bonds is 4. The molecule has 0 N–H and O–H groups in total. The maximum atomic E-state index is 11.9. The molecule has 7 heteroatoms. The molecule has 0 spiro atoms. The predicted molar refractivity (Wildman–Crippen MR) is 68.5 cm³/mol. The zero-order chi connectivity index (χ0) is 12.3. The van der Waals surface area contributed by atoms with Crippen LogP contribution in [0.4, 0.5) is 5.13 Å². The summed E-state index contributed by atoms with van der Waals surface area (Å²) in [7, 11) is 1.73. The molecule has 0 aromatic carbocycles. The molecular formula is C10H12N4OS2. The topological polar surface area (TPSA) is 59.0 Å². The van der Waals surface area contributed by atoms with Gasteiger partial charge < -0.3 is 0 Å². The van der Waals surface area contributed by atoms with Gasteiger partial charge in [0, 0.05) is 18.8 Å². The van der Waals surface area contributed by atoms with Gasteiger partial charge in [0.05, 0.1) is 11.2 Å². The number of carbonyl (C=O) groups excluding carboxylic acids is 1. The number of nitrogens with zero attached hydrogens (tertiary/aromatic N) is 4. The molecule has 0 unspecified atom stereocenters. The Morgan fingerprint density at radius 1 is 1.47 bits per heavy atom. The third kappa shape index (κ3) is 3.07. The fraction of sp³-hybridized carbons (Fsp3) is 0.400. The van der Waals surface area contributed by atoms with Crippen LogP contribution in [0.1, 0.15) is 17.1 Å². The zero-order valence-electron chi connectivity index (χ0n) is 9.58. The molecule has 0 aliphatic heterocycles. The third-order valence-corrected chi connectivity index (χ3v) is 3.81. The first-order valence-electron chi connectivity index (χ1n) is 5.10. The van der Waals surface area contributed by atoms with Gasteiger partial charge in [-0.05, 0) is 13.3 Å². The molecule has 0 bridgehead atoms. The van der Waals surface area contributed by atoms with Gasteiger partial charge in [0.1, 0.15) is 5.01 Å². The number of thiazole rings is 1. The first kappa shape index (κ1) is 12.1. The van der Waals surface area contributed by atoms with Gasteiger partial charge in [-0.1, -0.05) is 11.3 Å². The minimum absolute atomic E-state index is 0.0363. The van der Waals surface area contributed by atoms with Crippen LogP contribution in [0, 0.1) is 6.92 Å². The Morgan fingerprint density at radius 2 is 2.29 bits per heavy atom. The number of hydrogen-bond donors (Lipinski definition) is 0. The number of anilines is 1. The number of carbonyl (C=O) groups is 1. The summed E-state index contributed by atoms with van der Waals surface area (Å²) in [5, 5.41) is 11.3. The first-order chi connectivity index (χ1) is 8.16. The maximum Gasteiger partial charge on any atom is 0.228 e. The summed E-state index contributed by atoms with van der Waals surface area (Å²) in [4.78, 5) is 17.6. The van der Waals surface area contributed by atoms with Crippen molar-refractivity contribution in [1.82, 2.24) is 15.2 Å². The number of hydrogen-bond acceptors (Lipinski definition) is 6. The van der Waals surface area contributed by atoms with E-state index in [9.17, 15) is 4.79 Å². The van der Waals surface area contributed by atoms with E-state index < -0.39 is 0 Å². The third-order valence-electron chi connectivity index (χ3n) is 2.25. The highest BCUT2D eigenvalue weighted by atomic mass is 32.1. The molecule has 1 amide bonds. The highest BCUT2D eigenvalue weighted by Crippen LogP contribution is 2.19. The second-order valence-electron chi connectivity index (χ2n) is 3.54. The Balaban J connectivity index is 1.91. The summed E-state index contributed by atoms with van der Waals surface area (Å²) in [6.07, 6.45) is 1.11. The molecule has 0 fully saturated rings. The number of amides is 1. The van der Waals surface area contributed by atoms with Crippen LogP contribution in [0.3, 0.4) is 0 Å². The molecule has 0 saturated carbocycles. The SMILES string of the molecule is Cc1nnc(N(C)C(=O)CCc2cscn2)s1. The van der Waals surface area contributed by atoms with Gasteiger partial charge in [-0.3, -0.25) is 9.69 Å². The van der Waals surface area contributed by atoms with E-state index in [1.165, 1.54) is 11.3 Å².